The summed E-state index contributed by atoms with van der Waals surface area (Å²) in [6.07, 6.45) is 3.28. The van der Waals surface area contributed by atoms with Crippen LogP contribution in [-0.2, 0) is 31.6 Å². The van der Waals surface area contributed by atoms with E-state index in [0.717, 1.165) is 10.9 Å². The Bertz CT molecular complexity index is 1370. The van der Waals surface area contributed by atoms with E-state index in [1.165, 1.54) is 0 Å². The zero-order valence-electron chi connectivity index (χ0n) is 16.3. The molecule has 2 unspecified atom stereocenters. The van der Waals surface area contributed by atoms with Crippen LogP contribution in [0.5, 0.6) is 0 Å². The first-order valence-corrected chi connectivity index (χ1v) is 13.0. The number of nitrogens with zero attached hydrogens (tertiary/aromatic N) is 3. The van der Waals surface area contributed by atoms with E-state index in [1.54, 1.807) is 0 Å². The van der Waals surface area contributed by atoms with Gasteiger partial charge in [-0.3, -0.25) is 18.9 Å². The number of H-pyrrole nitrogens is 1. The zero-order valence-corrected chi connectivity index (χ0v) is 19.0. The molecule has 0 aromatic carbocycles. The molecule has 3 heterocycles. The summed E-state index contributed by atoms with van der Waals surface area (Å²) >= 11 is 0. The minimum atomic E-state index is -5.85. The fourth-order valence-electron chi connectivity index (χ4n) is 2.92. The minimum absolute atomic E-state index is 0.267. The third-order valence-electron chi connectivity index (χ3n) is 4.08. The summed E-state index contributed by atoms with van der Waals surface area (Å²) in [5.74, 6) is -1.64. The minimum Gasteiger partial charge on any atom is -0.373 e. The zero-order chi connectivity index (χ0) is 25.7. The van der Waals surface area contributed by atoms with Gasteiger partial charge >= 0.3 is 23.5 Å². The number of halogens is 1. The number of aromatic amines is 1. The number of phosphoric ester groups is 1. The van der Waals surface area contributed by atoms with Crippen molar-refractivity contribution in [1.82, 2.24) is 19.5 Å². The number of imidazole rings is 1. The Balaban J connectivity index is 1.84. The van der Waals surface area contributed by atoms with Gasteiger partial charge in [0, 0.05) is 0 Å². The highest BCUT2D eigenvalue weighted by Gasteiger charge is 2.58. The average Bonchev–Trinajstić information content (AvgIpc) is 3.16. The maximum Gasteiger partial charge on any atom is 0.490 e. The molecule has 22 heteroatoms. The number of nitrogens with one attached hydrogen (secondary N) is 1. The first-order chi connectivity index (χ1) is 15.4. The molecule has 0 aliphatic carbocycles. The van der Waals surface area contributed by atoms with Crippen molar-refractivity contribution >= 4 is 40.6 Å². The molecule has 1 fully saturated rings. The van der Waals surface area contributed by atoms with Crippen molar-refractivity contribution in [2.45, 2.75) is 24.1 Å². The number of aromatic nitrogens is 4. The van der Waals surface area contributed by atoms with Crippen LogP contribution in [0.4, 0.5) is 10.3 Å². The molecule has 188 valence electrons. The van der Waals surface area contributed by atoms with Crippen molar-refractivity contribution < 1.29 is 60.6 Å². The van der Waals surface area contributed by atoms with Crippen LogP contribution < -0.4 is 11.3 Å². The number of fused-ring (bicyclic) bond motifs is 1. The molecule has 5 atom stereocenters. The molecule has 8 N–H and O–H groups in total. The molecule has 0 bridgehead atoms. The Hall–Kier alpha value is -2.03. The number of ether oxygens (including phenoxy) is 1. The molecule has 1 aliphatic heterocycles. The topological polar surface area (TPSA) is 279 Å². The lowest BCUT2D eigenvalue weighted by atomic mass is 9.98. The van der Waals surface area contributed by atoms with E-state index in [0.29, 0.717) is 0 Å². The molecule has 0 amide bonds. The number of alkyl halides is 1. The van der Waals surface area contributed by atoms with E-state index in [4.69, 9.17) is 31.6 Å². The predicted molar refractivity (Wildman–Crippen MR) is 105 cm³/mol. The molecule has 0 spiro atoms. The number of nitrogens with two attached hydrogens (primary N) is 1. The average molecular weight is 549 g/mol. The Kier molecular flexibility index (Phi) is 6.70. The molecule has 34 heavy (non-hydrogen) atoms. The summed E-state index contributed by atoms with van der Waals surface area (Å²) in [5, 5.41) is 10.7. The van der Waals surface area contributed by atoms with Gasteiger partial charge in [-0.15, -0.1) is 6.42 Å². The van der Waals surface area contributed by atoms with Gasteiger partial charge in [0.2, 0.25) is 11.8 Å². The van der Waals surface area contributed by atoms with Crippen LogP contribution >= 0.6 is 23.5 Å². The summed E-state index contributed by atoms with van der Waals surface area (Å²) in [7, 11) is -17.2. The first kappa shape index (κ1) is 26.6. The van der Waals surface area contributed by atoms with E-state index in [2.05, 4.69) is 28.1 Å². The SMILES string of the molecule is C#C[C@@]1(O)C[C@@](F)(COP(=O)(O)OP(=O)(O)OP(=O)(O)O)O[C@H]1n1cnc2c(=O)[nH]c(N)nc21. The molecule has 0 radical (unpaired) electrons. The fraction of sp³-hybridized carbons (Fsp3) is 0.417. The van der Waals surface area contributed by atoms with Crippen molar-refractivity contribution in [1.29, 1.82) is 0 Å². The van der Waals surface area contributed by atoms with Gasteiger partial charge in [-0.2, -0.15) is 13.6 Å². The van der Waals surface area contributed by atoms with Gasteiger partial charge < -0.3 is 35.2 Å². The van der Waals surface area contributed by atoms with Crippen LogP contribution in [0.15, 0.2) is 11.1 Å². The number of nitrogen functional groups attached to an aromatic ring is 1. The number of phosphoric acid groups is 3. The Labute approximate surface area is 186 Å². The predicted octanol–water partition coefficient (Wildman–Crippen LogP) is -1.01. The number of hydrogen-bond donors (Lipinski definition) is 7. The van der Waals surface area contributed by atoms with E-state index in [-0.39, 0.29) is 17.1 Å². The first-order valence-electron chi connectivity index (χ1n) is 8.45. The Morgan fingerprint density at radius 2 is 1.97 bits per heavy atom. The lowest BCUT2D eigenvalue weighted by molar-refractivity contribution is -0.179. The molecular weight excluding hydrogens is 534 g/mol. The molecule has 2 aromatic rings. The Morgan fingerprint density at radius 1 is 1.32 bits per heavy atom. The lowest BCUT2D eigenvalue weighted by Crippen LogP contribution is -2.34. The van der Waals surface area contributed by atoms with Crippen molar-refractivity contribution in [3.05, 3.63) is 16.7 Å². The van der Waals surface area contributed by atoms with Crippen LogP contribution in [0.25, 0.3) is 11.2 Å². The van der Waals surface area contributed by atoms with E-state index >= 15 is 4.39 Å². The smallest absolute Gasteiger partial charge is 0.373 e. The Morgan fingerprint density at radius 3 is 2.56 bits per heavy atom. The van der Waals surface area contributed by atoms with Crippen LogP contribution in [0, 0.1) is 12.3 Å². The van der Waals surface area contributed by atoms with E-state index < -0.39 is 59.7 Å². The van der Waals surface area contributed by atoms with Crippen LogP contribution in [0.1, 0.15) is 12.6 Å². The van der Waals surface area contributed by atoms with Crippen molar-refractivity contribution in [2.75, 3.05) is 12.3 Å². The van der Waals surface area contributed by atoms with Gasteiger partial charge in [0.25, 0.3) is 5.56 Å². The molecule has 2 aromatic heterocycles. The second-order valence-corrected chi connectivity index (χ2v) is 11.2. The largest absolute Gasteiger partial charge is 0.490 e. The standard InChI is InChI=1S/C12H15FN5O13P3/c1-2-11(20)3-12(13,4-28-33(24,25)31-34(26,27)30-32(21,22)23)29-9(11)18-5-15-6-7(18)16-10(14)17-8(6)19/h1,5,9,20H,3-4H2,(H,24,25)(H,26,27)(H2,21,22,23)(H3,14,16,17,19)/t9-,11-,12+/m1/s1. The third kappa shape index (κ3) is 5.78. The van der Waals surface area contributed by atoms with Crippen LogP contribution in [0.2, 0.25) is 0 Å². The van der Waals surface area contributed by atoms with Crippen molar-refractivity contribution in [2.24, 2.45) is 0 Å². The number of rotatable bonds is 8. The highest BCUT2D eigenvalue weighted by molar-refractivity contribution is 7.66. The van der Waals surface area contributed by atoms with Gasteiger partial charge in [0.1, 0.15) is 6.61 Å². The van der Waals surface area contributed by atoms with Crippen molar-refractivity contribution in [3.63, 3.8) is 0 Å². The summed E-state index contributed by atoms with van der Waals surface area (Å²) in [5.41, 5.74) is 1.68. The second kappa shape index (κ2) is 8.57. The molecular formula is C12H15FN5O13P3. The monoisotopic (exact) mass is 549 g/mol. The molecule has 0 saturated carbocycles. The summed E-state index contributed by atoms with van der Waals surface area (Å²) in [6.45, 7) is -1.56. The number of hydrogen-bond acceptors (Lipinski definition) is 12. The van der Waals surface area contributed by atoms with Gasteiger partial charge in [-0.25, -0.2) is 23.1 Å². The maximum atomic E-state index is 15.3. The number of aliphatic hydroxyl groups is 1. The molecule has 3 rings (SSSR count). The number of anilines is 1. The summed E-state index contributed by atoms with van der Waals surface area (Å²) < 4.78 is 66.3. The second-order valence-electron chi connectivity index (χ2n) is 6.74. The highest BCUT2D eigenvalue weighted by Crippen LogP contribution is 2.66. The van der Waals surface area contributed by atoms with Gasteiger partial charge in [0.05, 0.1) is 12.7 Å². The maximum absolute atomic E-state index is 15.3. The quantitative estimate of drug-likeness (QED) is 0.153. The highest BCUT2D eigenvalue weighted by atomic mass is 31.3. The van der Waals surface area contributed by atoms with Crippen molar-refractivity contribution in [3.8, 4) is 12.3 Å². The van der Waals surface area contributed by atoms with Gasteiger partial charge in [-0.1, -0.05) is 5.92 Å². The molecule has 1 aliphatic rings. The fourth-order valence-corrected chi connectivity index (χ4v) is 5.97. The molecule has 1 saturated heterocycles. The van der Waals surface area contributed by atoms with E-state index in [1.807, 2.05) is 5.92 Å². The summed E-state index contributed by atoms with van der Waals surface area (Å²) in [6, 6.07) is 0. The van der Waals surface area contributed by atoms with Crippen LogP contribution in [-0.4, -0.2) is 62.3 Å². The van der Waals surface area contributed by atoms with Crippen LogP contribution in [0.3, 0.4) is 0 Å². The number of terminal acetylenes is 1. The molecule has 18 nitrogen and oxygen atoms in total. The van der Waals surface area contributed by atoms with Gasteiger partial charge in [-0.05, 0) is 0 Å². The van der Waals surface area contributed by atoms with E-state index in [9.17, 15) is 28.5 Å². The third-order valence-corrected chi connectivity index (χ3v) is 7.86. The summed E-state index contributed by atoms with van der Waals surface area (Å²) in [4.78, 5) is 57.3. The normalized spacial score (nSPS) is 28.9. The lowest BCUT2D eigenvalue weighted by Gasteiger charge is -2.23. The van der Waals surface area contributed by atoms with Gasteiger partial charge in [0.15, 0.2) is 23.0 Å².